The number of benzene rings is 2. The molecule has 2 heterocycles. The molecule has 124 valence electrons. The summed E-state index contributed by atoms with van der Waals surface area (Å²) in [6.45, 7) is 2.26. The lowest BCUT2D eigenvalue weighted by Crippen LogP contribution is -2.43. The lowest BCUT2D eigenvalue weighted by atomic mass is 10.1. The van der Waals surface area contributed by atoms with Gasteiger partial charge in [0, 0.05) is 11.1 Å². The molecule has 4 rings (SSSR count). The van der Waals surface area contributed by atoms with Crippen LogP contribution in [0.1, 0.15) is 0 Å². The first-order valence-corrected chi connectivity index (χ1v) is 10.7. The monoisotopic (exact) mass is 351 g/mol. The number of hydrogen-bond donors (Lipinski definition) is 0. The van der Waals surface area contributed by atoms with Gasteiger partial charge in [0.25, 0.3) is 0 Å². The highest BCUT2D eigenvalue weighted by Crippen LogP contribution is 2.16. The molecule has 0 aliphatic carbocycles. The average molecular weight is 352 g/mol. The van der Waals surface area contributed by atoms with Crippen molar-refractivity contribution in [1.82, 2.24) is 9.97 Å². The van der Waals surface area contributed by atoms with E-state index in [1.54, 1.807) is 0 Å². The zero-order valence-corrected chi connectivity index (χ0v) is 15.6. The van der Waals surface area contributed by atoms with E-state index >= 15 is 0 Å². The third-order valence-corrected chi connectivity index (χ3v) is 6.50. The van der Waals surface area contributed by atoms with Crippen LogP contribution in [0.15, 0.2) is 97.1 Å². The molecule has 3 heteroatoms. The average Bonchev–Trinajstić information content (AvgIpc) is 2.75. The van der Waals surface area contributed by atoms with E-state index in [0.717, 1.165) is 33.1 Å². The van der Waals surface area contributed by atoms with Gasteiger partial charge >= 0.3 is 8.80 Å². The molecular formula is C23H19N2Si+. The van der Waals surface area contributed by atoms with Crippen LogP contribution in [-0.4, -0.2) is 18.8 Å². The van der Waals surface area contributed by atoms with Crippen molar-refractivity contribution in [2.45, 2.75) is 6.55 Å². The van der Waals surface area contributed by atoms with Gasteiger partial charge in [0.2, 0.25) is 0 Å². The van der Waals surface area contributed by atoms with Gasteiger partial charge in [-0.25, -0.2) is 9.97 Å². The van der Waals surface area contributed by atoms with Gasteiger partial charge in [0.05, 0.1) is 17.9 Å². The molecule has 0 unspecified atom stereocenters. The fraction of sp³-hybridized carbons (Fsp3) is 0.0435. The Morgan fingerprint density at radius 2 is 0.923 bits per heavy atom. The highest BCUT2D eigenvalue weighted by molar-refractivity contribution is 6.82. The van der Waals surface area contributed by atoms with E-state index in [1.165, 1.54) is 0 Å². The van der Waals surface area contributed by atoms with E-state index in [9.17, 15) is 0 Å². The standard InChI is InChI=1S/C23H19N2Si/c1-26(22-16-8-14-20(24-22)18-10-4-2-5-11-18)23-17-9-15-21(25-23)19-12-6-3-7-13-19/h2-17H,1H3/q+1. The molecule has 4 aromatic rings. The first kappa shape index (κ1) is 16.4. The minimum Gasteiger partial charge on any atom is -0.220 e. The zero-order chi connectivity index (χ0) is 17.8. The van der Waals surface area contributed by atoms with E-state index in [2.05, 4.69) is 67.2 Å². The lowest BCUT2D eigenvalue weighted by molar-refractivity contribution is 1.35. The van der Waals surface area contributed by atoms with Crippen molar-refractivity contribution in [1.29, 1.82) is 0 Å². The summed E-state index contributed by atoms with van der Waals surface area (Å²) in [7, 11) is -1.03. The van der Waals surface area contributed by atoms with E-state index in [4.69, 9.17) is 9.97 Å². The van der Waals surface area contributed by atoms with Gasteiger partial charge in [0.15, 0.2) is 10.6 Å². The van der Waals surface area contributed by atoms with Gasteiger partial charge in [0.1, 0.15) is 0 Å². The molecule has 0 spiro atoms. The van der Waals surface area contributed by atoms with Crippen molar-refractivity contribution in [2.75, 3.05) is 0 Å². The molecule has 0 radical (unpaired) electrons. The van der Waals surface area contributed by atoms with Gasteiger partial charge in [-0.15, -0.1) is 0 Å². The lowest BCUT2D eigenvalue weighted by Gasteiger charge is -2.04. The normalized spacial score (nSPS) is 10.5. The predicted molar refractivity (Wildman–Crippen MR) is 110 cm³/mol. The SMILES string of the molecule is C[Si+](c1cccc(-c2ccccc2)n1)c1cccc(-c2ccccc2)n1. The van der Waals surface area contributed by atoms with Gasteiger partial charge < -0.3 is 0 Å². The minimum atomic E-state index is -1.03. The first-order valence-electron chi connectivity index (χ1n) is 8.70. The molecule has 0 aliphatic rings. The summed E-state index contributed by atoms with van der Waals surface area (Å²) in [5.41, 5.74) is 4.34. The van der Waals surface area contributed by atoms with Crippen LogP contribution in [0, 0.1) is 0 Å². The Morgan fingerprint density at radius 3 is 1.35 bits per heavy atom. The van der Waals surface area contributed by atoms with Crippen LogP contribution in [0.25, 0.3) is 22.5 Å². The Bertz CT molecular complexity index is 918. The van der Waals surface area contributed by atoms with Crippen molar-refractivity contribution < 1.29 is 0 Å². The van der Waals surface area contributed by atoms with Crippen LogP contribution in [-0.2, 0) is 0 Å². The summed E-state index contributed by atoms with van der Waals surface area (Å²) in [5.74, 6) is 0. The molecule has 0 atom stereocenters. The maximum Gasteiger partial charge on any atom is 0.428 e. The quantitative estimate of drug-likeness (QED) is 0.518. The molecule has 26 heavy (non-hydrogen) atoms. The van der Waals surface area contributed by atoms with E-state index in [0.29, 0.717) is 0 Å². The Labute approximate surface area is 155 Å². The Morgan fingerprint density at radius 1 is 0.500 bits per heavy atom. The second kappa shape index (κ2) is 7.46. The van der Waals surface area contributed by atoms with Crippen LogP contribution in [0.2, 0.25) is 6.55 Å². The molecule has 0 amide bonds. The van der Waals surface area contributed by atoms with Gasteiger partial charge in [-0.3, -0.25) is 0 Å². The van der Waals surface area contributed by atoms with Gasteiger partial charge in [-0.05, 0) is 24.3 Å². The summed E-state index contributed by atoms with van der Waals surface area (Å²) < 4.78 is 0. The third kappa shape index (κ3) is 3.48. The van der Waals surface area contributed by atoms with Crippen molar-refractivity contribution in [3.05, 3.63) is 97.1 Å². The molecule has 0 saturated heterocycles. The molecule has 0 bridgehead atoms. The van der Waals surface area contributed by atoms with Crippen molar-refractivity contribution >= 4 is 19.4 Å². The largest absolute Gasteiger partial charge is 0.428 e. The molecule has 0 fully saturated rings. The highest BCUT2D eigenvalue weighted by Gasteiger charge is 2.31. The maximum absolute atomic E-state index is 4.93. The van der Waals surface area contributed by atoms with E-state index < -0.39 is 8.80 Å². The number of nitrogens with zero attached hydrogens (tertiary/aromatic N) is 2. The van der Waals surface area contributed by atoms with Crippen LogP contribution in [0.5, 0.6) is 0 Å². The second-order valence-corrected chi connectivity index (χ2v) is 8.45. The molecular weight excluding hydrogens is 332 g/mol. The summed E-state index contributed by atoms with van der Waals surface area (Å²) in [6, 6.07) is 33.2. The van der Waals surface area contributed by atoms with Gasteiger partial charge in [-0.2, -0.15) is 0 Å². The van der Waals surface area contributed by atoms with Crippen molar-refractivity contribution in [2.24, 2.45) is 0 Å². The summed E-state index contributed by atoms with van der Waals surface area (Å²) in [6.07, 6.45) is 0. The van der Waals surface area contributed by atoms with Crippen molar-refractivity contribution in [3.8, 4) is 22.5 Å². The number of hydrogen-bond acceptors (Lipinski definition) is 2. The number of rotatable bonds is 4. The Kier molecular flexibility index (Phi) is 4.71. The van der Waals surface area contributed by atoms with Crippen LogP contribution < -0.4 is 10.6 Å². The Hall–Kier alpha value is -3.04. The molecule has 0 aliphatic heterocycles. The van der Waals surface area contributed by atoms with Crippen LogP contribution >= 0.6 is 0 Å². The zero-order valence-electron chi connectivity index (χ0n) is 14.6. The predicted octanol–water partition coefficient (Wildman–Crippen LogP) is 4.05. The highest BCUT2D eigenvalue weighted by atomic mass is 28.3. The Balaban J connectivity index is 1.67. The summed E-state index contributed by atoms with van der Waals surface area (Å²) in [4.78, 5) is 9.85. The van der Waals surface area contributed by atoms with Crippen LogP contribution in [0.4, 0.5) is 0 Å². The minimum absolute atomic E-state index is 1.02. The van der Waals surface area contributed by atoms with Crippen molar-refractivity contribution in [3.63, 3.8) is 0 Å². The molecule has 2 nitrogen and oxygen atoms in total. The molecule has 2 aromatic carbocycles. The third-order valence-electron chi connectivity index (χ3n) is 4.41. The fourth-order valence-electron chi connectivity index (χ4n) is 2.96. The smallest absolute Gasteiger partial charge is 0.220 e. The van der Waals surface area contributed by atoms with Crippen LogP contribution in [0.3, 0.4) is 0 Å². The number of aromatic nitrogens is 2. The van der Waals surface area contributed by atoms with E-state index in [1.807, 2.05) is 36.4 Å². The molecule has 2 aromatic heterocycles. The fourth-order valence-corrected chi connectivity index (χ4v) is 4.49. The second-order valence-electron chi connectivity index (χ2n) is 6.17. The maximum atomic E-state index is 4.93. The van der Waals surface area contributed by atoms with Gasteiger partial charge in [-0.1, -0.05) is 72.8 Å². The first-order chi connectivity index (χ1) is 12.8. The summed E-state index contributed by atoms with van der Waals surface area (Å²) in [5, 5.41) is 2.27. The molecule has 0 N–H and O–H groups in total. The topological polar surface area (TPSA) is 25.8 Å². The molecule has 0 saturated carbocycles. The number of pyridine rings is 2. The van der Waals surface area contributed by atoms with E-state index in [-0.39, 0.29) is 0 Å². The summed E-state index contributed by atoms with van der Waals surface area (Å²) >= 11 is 0.